The maximum atomic E-state index is 11.9. The summed E-state index contributed by atoms with van der Waals surface area (Å²) in [6.45, 7) is 11.3. The first-order valence-corrected chi connectivity index (χ1v) is 11.1. The Kier molecular flexibility index (Phi) is 10.7. The quantitative estimate of drug-likeness (QED) is 0.200. The molecular formula is C24H38O2S. The predicted molar refractivity (Wildman–Crippen MR) is 121 cm³/mol. The van der Waals surface area contributed by atoms with E-state index in [1.54, 1.807) is 0 Å². The number of hydrogen-bond acceptors (Lipinski definition) is 3. The first-order valence-electron chi connectivity index (χ1n) is 10.1. The summed E-state index contributed by atoms with van der Waals surface area (Å²) < 4.78 is 0. The number of carbonyl (C=O) groups is 2. The van der Waals surface area contributed by atoms with Gasteiger partial charge in [-0.25, -0.2) is 0 Å². The average Bonchev–Trinajstić information content (AvgIpc) is 3.03. The molecule has 0 atom stereocenters. The lowest BCUT2D eigenvalue weighted by molar-refractivity contribution is -0.118. The Bertz CT molecular complexity index is 633. The molecule has 1 rings (SSSR count). The zero-order valence-corrected chi connectivity index (χ0v) is 18.6. The highest BCUT2D eigenvalue weighted by molar-refractivity contribution is 8.03. The van der Waals surface area contributed by atoms with Gasteiger partial charge in [-0.05, 0) is 36.5 Å². The first kappa shape index (κ1) is 23.7. The number of rotatable bonds is 12. The van der Waals surface area contributed by atoms with Crippen molar-refractivity contribution in [1.29, 1.82) is 0 Å². The average molecular weight is 391 g/mol. The van der Waals surface area contributed by atoms with Crippen LogP contribution >= 0.6 is 11.8 Å². The third-order valence-corrected chi connectivity index (χ3v) is 6.02. The fourth-order valence-corrected chi connectivity index (χ4v) is 4.13. The lowest BCUT2D eigenvalue weighted by atomic mass is 9.84. The van der Waals surface area contributed by atoms with Gasteiger partial charge in [-0.15, -0.1) is 11.8 Å². The maximum Gasteiger partial charge on any atom is 0.136 e. The van der Waals surface area contributed by atoms with E-state index in [-0.39, 0.29) is 12.6 Å². The SMILES string of the molecule is CC/C(=C\C/C=C(/C)CSC1=CC=C(CC(=O)CCCC=O)C1)C(C)(C)C.[HH]. The number of aldehydes is 1. The molecule has 0 N–H and O–H groups in total. The minimum absolute atomic E-state index is 0. The van der Waals surface area contributed by atoms with Crippen LogP contribution in [0.15, 0.2) is 45.9 Å². The van der Waals surface area contributed by atoms with Crippen molar-refractivity contribution in [3.8, 4) is 0 Å². The summed E-state index contributed by atoms with van der Waals surface area (Å²) in [6.07, 6.45) is 15.1. The number of Topliss-reactive ketones (excluding diaryl/α,β-unsaturated/α-hetero) is 1. The fourth-order valence-electron chi connectivity index (χ4n) is 3.15. The molecule has 0 heterocycles. The summed E-state index contributed by atoms with van der Waals surface area (Å²) in [5.41, 5.74) is 4.38. The monoisotopic (exact) mass is 390 g/mol. The van der Waals surface area contributed by atoms with Gasteiger partial charge in [0.05, 0.1) is 0 Å². The van der Waals surface area contributed by atoms with Gasteiger partial charge in [0.1, 0.15) is 12.1 Å². The van der Waals surface area contributed by atoms with E-state index in [0.29, 0.717) is 25.7 Å². The summed E-state index contributed by atoms with van der Waals surface area (Å²) in [6, 6.07) is 0. The van der Waals surface area contributed by atoms with E-state index in [1.165, 1.54) is 21.6 Å². The van der Waals surface area contributed by atoms with E-state index in [2.05, 4.69) is 58.9 Å². The minimum atomic E-state index is 0. The molecule has 0 aliphatic heterocycles. The Balaban J connectivity index is 0.00000729. The van der Waals surface area contributed by atoms with Crippen LogP contribution in [-0.2, 0) is 9.59 Å². The molecule has 27 heavy (non-hydrogen) atoms. The van der Waals surface area contributed by atoms with Crippen molar-refractivity contribution >= 4 is 23.8 Å². The molecule has 0 aromatic heterocycles. The van der Waals surface area contributed by atoms with Crippen LogP contribution in [0.5, 0.6) is 0 Å². The molecule has 0 spiro atoms. The molecule has 0 saturated carbocycles. The molecular weight excluding hydrogens is 352 g/mol. The van der Waals surface area contributed by atoms with Gasteiger partial charge in [-0.3, -0.25) is 4.79 Å². The van der Waals surface area contributed by atoms with Gasteiger partial charge < -0.3 is 4.79 Å². The van der Waals surface area contributed by atoms with E-state index in [4.69, 9.17) is 0 Å². The molecule has 2 nitrogen and oxygen atoms in total. The Morgan fingerprint density at radius 2 is 2.00 bits per heavy atom. The third-order valence-electron chi connectivity index (χ3n) is 4.77. The zero-order chi connectivity index (χ0) is 20.3. The van der Waals surface area contributed by atoms with Crippen molar-refractivity contribution in [3.05, 3.63) is 45.9 Å². The number of hydrogen-bond donors (Lipinski definition) is 0. The largest absolute Gasteiger partial charge is 0.303 e. The van der Waals surface area contributed by atoms with Crippen molar-refractivity contribution in [2.24, 2.45) is 5.41 Å². The Hall–Kier alpha value is -1.35. The Morgan fingerprint density at radius 1 is 1.26 bits per heavy atom. The maximum absolute atomic E-state index is 11.9. The van der Waals surface area contributed by atoms with Gasteiger partial charge >= 0.3 is 0 Å². The lowest BCUT2D eigenvalue weighted by Gasteiger charge is -2.22. The second-order valence-corrected chi connectivity index (χ2v) is 9.42. The van der Waals surface area contributed by atoms with Crippen LogP contribution in [0.2, 0.25) is 0 Å². The van der Waals surface area contributed by atoms with E-state index in [1.807, 2.05) is 11.8 Å². The molecule has 0 amide bonds. The van der Waals surface area contributed by atoms with Crippen LogP contribution < -0.4 is 0 Å². The van der Waals surface area contributed by atoms with Crippen LogP contribution in [0.3, 0.4) is 0 Å². The molecule has 152 valence electrons. The van der Waals surface area contributed by atoms with Crippen LogP contribution in [0.25, 0.3) is 0 Å². The highest BCUT2D eigenvalue weighted by Gasteiger charge is 2.14. The smallest absolute Gasteiger partial charge is 0.136 e. The highest BCUT2D eigenvalue weighted by atomic mass is 32.2. The first-order chi connectivity index (χ1) is 12.8. The summed E-state index contributed by atoms with van der Waals surface area (Å²) in [4.78, 5) is 23.6. The van der Waals surface area contributed by atoms with Gasteiger partial charge in [0.25, 0.3) is 0 Å². The van der Waals surface area contributed by atoms with Gasteiger partial charge in [-0.2, -0.15) is 0 Å². The molecule has 0 fully saturated rings. The lowest BCUT2D eigenvalue weighted by Crippen LogP contribution is -2.08. The standard InChI is InChI=1S/C24H36O2S.H2/c1-6-21(24(3,4)5)11-9-10-19(2)18-27-23-14-13-20(17-23)16-22(26)12-7-8-15-25;/h10-11,13-15H,6-9,12,16-18H2,1-5H3;1H/b19-10-,21-11+;. The molecule has 0 saturated heterocycles. The number of carbonyl (C=O) groups excluding carboxylic acids is 2. The topological polar surface area (TPSA) is 34.1 Å². The summed E-state index contributed by atoms with van der Waals surface area (Å²) in [7, 11) is 0. The van der Waals surface area contributed by atoms with Crippen molar-refractivity contribution in [3.63, 3.8) is 0 Å². The Morgan fingerprint density at radius 3 is 2.63 bits per heavy atom. The molecule has 1 aliphatic rings. The predicted octanol–water partition coefficient (Wildman–Crippen LogP) is 7.23. The van der Waals surface area contributed by atoms with Crippen molar-refractivity contribution in [2.75, 3.05) is 5.75 Å². The fraction of sp³-hybridized carbons (Fsp3) is 0.583. The van der Waals surface area contributed by atoms with E-state index >= 15 is 0 Å². The molecule has 0 unspecified atom stereocenters. The van der Waals surface area contributed by atoms with Crippen LogP contribution in [0.4, 0.5) is 0 Å². The molecule has 0 aromatic carbocycles. The molecule has 1 aliphatic carbocycles. The van der Waals surface area contributed by atoms with Crippen molar-refractivity contribution in [2.45, 2.75) is 79.6 Å². The van der Waals surface area contributed by atoms with Gasteiger partial charge in [0.2, 0.25) is 0 Å². The van der Waals surface area contributed by atoms with E-state index < -0.39 is 0 Å². The second-order valence-electron chi connectivity index (χ2n) is 8.32. The van der Waals surface area contributed by atoms with E-state index in [9.17, 15) is 9.59 Å². The van der Waals surface area contributed by atoms with E-state index in [0.717, 1.165) is 31.3 Å². The van der Waals surface area contributed by atoms with Crippen molar-refractivity contribution in [1.82, 2.24) is 0 Å². The van der Waals surface area contributed by atoms with Crippen molar-refractivity contribution < 1.29 is 11.0 Å². The number of ketones is 1. The van der Waals surface area contributed by atoms with Crippen LogP contribution in [0.1, 0.15) is 81.0 Å². The highest BCUT2D eigenvalue weighted by Crippen LogP contribution is 2.32. The molecule has 0 bridgehead atoms. The normalized spacial score (nSPS) is 15.6. The second kappa shape index (κ2) is 12.2. The number of unbranched alkanes of at least 4 members (excludes halogenated alkanes) is 1. The molecule has 3 heteroatoms. The van der Waals surface area contributed by atoms with Gasteiger partial charge in [-0.1, -0.05) is 68.7 Å². The van der Waals surface area contributed by atoms with Crippen LogP contribution in [0, 0.1) is 5.41 Å². The summed E-state index contributed by atoms with van der Waals surface area (Å²) in [5, 5.41) is 0. The summed E-state index contributed by atoms with van der Waals surface area (Å²) in [5.74, 6) is 1.25. The zero-order valence-electron chi connectivity index (χ0n) is 17.8. The molecule has 0 radical (unpaired) electrons. The third kappa shape index (κ3) is 9.95. The Labute approximate surface area is 171 Å². The van der Waals surface area contributed by atoms with Crippen LogP contribution in [-0.4, -0.2) is 17.8 Å². The number of allylic oxidation sites excluding steroid dienone is 7. The number of thioether (sulfide) groups is 1. The van der Waals surface area contributed by atoms with Gasteiger partial charge in [0, 0.05) is 32.9 Å². The minimum Gasteiger partial charge on any atom is -0.303 e. The molecule has 0 aromatic rings. The van der Waals surface area contributed by atoms with Gasteiger partial charge in [0.15, 0.2) is 0 Å². The summed E-state index contributed by atoms with van der Waals surface area (Å²) >= 11 is 1.88.